The Morgan fingerprint density at radius 3 is 1.11 bits per heavy atom. The van der Waals surface area contributed by atoms with E-state index in [9.17, 15) is 19.8 Å². The molecule has 0 aromatic rings. The molecule has 0 heterocycles. The zero-order chi connectivity index (χ0) is 46.5. The number of esters is 1. The van der Waals surface area contributed by atoms with E-state index in [0.717, 1.165) is 57.8 Å². The van der Waals surface area contributed by atoms with E-state index in [1.54, 1.807) is 6.08 Å². The molecule has 64 heavy (non-hydrogen) atoms. The number of aliphatic hydroxyl groups excluding tert-OH is 2. The maximum absolute atomic E-state index is 12.5. The standard InChI is InChI=1S/C58H111NO5/c1-3-5-7-9-11-13-15-17-19-20-21-22-23-24-25-26-27-28-29-31-34-38-42-46-50-56(61)55(54-60)59-57(62)51-47-43-39-35-33-37-41-45-49-53-64-58(63)52-48-44-40-36-32-30-18-16-14-12-10-8-6-4-2/h16,18,46,50,55-56,60-61H,3-15,17,19-45,47-49,51-54H2,1-2H3,(H,59,62)/b18-16-,50-46+. The van der Waals surface area contributed by atoms with Gasteiger partial charge in [0.15, 0.2) is 0 Å². The van der Waals surface area contributed by atoms with Crippen LogP contribution in [0.4, 0.5) is 0 Å². The third-order valence-corrected chi connectivity index (χ3v) is 13.2. The first-order valence-electron chi connectivity index (χ1n) is 28.6. The van der Waals surface area contributed by atoms with Gasteiger partial charge in [-0.15, -0.1) is 0 Å². The maximum atomic E-state index is 12.5. The van der Waals surface area contributed by atoms with E-state index in [-0.39, 0.29) is 18.5 Å². The van der Waals surface area contributed by atoms with Crippen molar-refractivity contribution in [3.8, 4) is 0 Å². The maximum Gasteiger partial charge on any atom is 0.305 e. The number of nitrogens with one attached hydrogen (secondary N) is 1. The molecule has 0 saturated heterocycles. The summed E-state index contributed by atoms with van der Waals surface area (Å²) < 4.78 is 5.45. The van der Waals surface area contributed by atoms with Gasteiger partial charge in [-0.1, -0.05) is 263 Å². The van der Waals surface area contributed by atoms with Crippen molar-refractivity contribution >= 4 is 11.9 Å². The SMILES string of the molecule is CCCCCCC/C=C\CCCCCCCC(=O)OCCCCCCCCCCCC(=O)NC(CO)C(O)/C=C/CCCCCCCCCCCCCCCCCCCCCCCC. The molecule has 0 aromatic carbocycles. The Balaban J connectivity index is 3.51. The minimum atomic E-state index is -0.863. The van der Waals surface area contributed by atoms with Crippen molar-refractivity contribution in [2.75, 3.05) is 13.2 Å². The van der Waals surface area contributed by atoms with Crippen LogP contribution in [0.1, 0.15) is 309 Å². The van der Waals surface area contributed by atoms with Gasteiger partial charge in [0.1, 0.15) is 0 Å². The highest BCUT2D eigenvalue weighted by atomic mass is 16.5. The number of carbonyl (C=O) groups excluding carboxylic acids is 2. The van der Waals surface area contributed by atoms with Crippen LogP contribution in [0.3, 0.4) is 0 Å². The van der Waals surface area contributed by atoms with Crippen LogP contribution in [0.15, 0.2) is 24.3 Å². The Hall–Kier alpha value is -1.66. The van der Waals surface area contributed by atoms with Crippen LogP contribution in [-0.4, -0.2) is 47.4 Å². The van der Waals surface area contributed by atoms with Gasteiger partial charge < -0.3 is 20.3 Å². The number of hydrogen-bond acceptors (Lipinski definition) is 5. The summed E-state index contributed by atoms with van der Waals surface area (Å²) >= 11 is 0. The van der Waals surface area contributed by atoms with Crippen LogP contribution in [-0.2, 0) is 14.3 Å². The molecular formula is C58H111NO5. The van der Waals surface area contributed by atoms with E-state index in [4.69, 9.17) is 4.74 Å². The molecule has 6 heteroatoms. The number of ether oxygens (including phenoxy) is 1. The molecule has 2 unspecified atom stereocenters. The van der Waals surface area contributed by atoms with E-state index < -0.39 is 12.1 Å². The van der Waals surface area contributed by atoms with Crippen LogP contribution in [0.5, 0.6) is 0 Å². The molecule has 0 bridgehead atoms. The predicted molar refractivity (Wildman–Crippen MR) is 278 cm³/mol. The van der Waals surface area contributed by atoms with Crippen LogP contribution < -0.4 is 5.32 Å². The molecule has 0 saturated carbocycles. The van der Waals surface area contributed by atoms with E-state index in [2.05, 4.69) is 31.3 Å². The summed E-state index contributed by atoms with van der Waals surface area (Å²) in [5.41, 5.74) is 0. The van der Waals surface area contributed by atoms with Gasteiger partial charge in [0, 0.05) is 12.8 Å². The van der Waals surface area contributed by atoms with Crippen molar-refractivity contribution in [1.29, 1.82) is 0 Å². The molecule has 0 aliphatic carbocycles. The van der Waals surface area contributed by atoms with Gasteiger partial charge in [-0.3, -0.25) is 9.59 Å². The first-order chi connectivity index (χ1) is 31.5. The summed E-state index contributed by atoms with van der Waals surface area (Å²) in [5.74, 6) is -0.128. The number of allylic oxidation sites excluding steroid dienone is 3. The van der Waals surface area contributed by atoms with Gasteiger partial charge in [-0.05, 0) is 57.8 Å². The van der Waals surface area contributed by atoms with Crippen molar-refractivity contribution in [3.63, 3.8) is 0 Å². The van der Waals surface area contributed by atoms with Crippen molar-refractivity contribution < 1.29 is 24.5 Å². The molecule has 0 radical (unpaired) electrons. The molecule has 0 fully saturated rings. The molecular weight excluding hydrogens is 791 g/mol. The summed E-state index contributed by atoms with van der Waals surface area (Å²) in [5, 5.41) is 23.2. The third-order valence-electron chi connectivity index (χ3n) is 13.2. The molecule has 0 aromatic heterocycles. The van der Waals surface area contributed by atoms with Crippen LogP contribution in [0, 0.1) is 0 Å². The Morgan fingerprint density at radius 2 is 0.734 bits per heavy atom. The highest BCUT2D eigenvalue weighted by Crippen LogP contribution is 2.17. The molecule has 3 N–H and O–H groups in total. The summed E-state index contributed by atoms with van der Waals surface area (Å²) in [4.78, 5) is 24.5. The second kappa shape index (κ2) is 54.0. The largest absolute Gasteiger partial charge is 0.466 e. The second-order valence-corrected chi connectivity index (χ2v) is 19.6. The number of unbranched alkanes of at least 4 members (excludes halogenated alkanes) is 40. The van der Waals surface area contributed by atoms with Gasteiger partial charge in [-0.25, -0.2) is 0 Å². The average Bonchev–Trinajstić information content (AvgIpc) is 3.29. The number of hydrogen-bond donors (Lipinski definition) is 3. The molecule has 378 valence electrons. The summed E-state index contributed by atoms with van der Waals surface area (Å²) in [6, 6.07) is -0.649. The number of carbonyl (C=O) groups is 2. The first kappa shape index (κ1) is 62.3. The van der Waals surface area contributed by atoms with Crippen molar-refractivity contribution in [2.45, 2.75) is 321 Å². The quantitative estimate of drug-likeness (QED) is 0.0321. The Labute approximate surface area is 399 Å². The lowest BCUT2D eigenvalue weighted by atomic mass is 10.0. The zero-order valence-electron chi connectivity index (χ0n) is 43.0. The minimum absolute atomic E-state index is 0.0351. The van der Waals surface area contributed by atoms with Gasteiger partial charge >= 0.3 is 5.97 Å². The van der Waals surface area contributed by atoms with Crippen molar-refractivity contribution in [1.82, 2.24) is 5.32 Å². The summed E-state index contributed by atoms with van der Waals surface area (Å²) in [7, 11) is 0. The Kier molecular flexibility index (Phi) is 52.6. The molecule has 0 rings (SSSR count). The monoisotopic (exact) mass is 902 g/mol. The number of amides is 1. The van der Waals surface area contributed by atoms with Gasteiger partial charge in [0.25, 0.3) is 0 Å². The lowest BCUT2D eigenvalue weighted by Gasteiger charge is -2.20. The van der Waals surface area contributed by atoms with Crippen molar-refractivity contribution in [3.05, 3.63) is 24.3 Å². The van der Waals surface area contributed by atoms with Crippen molar-refractivity contribution in [2.24, 2.45) is 0 Å². The highest BCUT2D eigenvalue weighted by molar-refractivity contribution is 5.76. The van der Waals surface area contributed by atoms with E-state index >= 15 is 0 Å². The normalized spacial score (nSPS) is 12.8. The van der Waals surface area contributed by atoms with Gasteiger partial charge in [0.2, 0.25) is 5.91 Å². The minimum Gasteiger partial charge on any atom is -0.466 e. The number of aliphatic hydroxyl groups is 2. The Bertz CT molecular complexity index is 997. The molecule has 6 nitrogen and oxygen atoms in total. The highest BCUT2D eigenvalue weighted by Gasteiger charge is 2.18. The lowest BCUT2D eigenvalue weighted by Crippen LogP contribution is -2.45. The molecule has 0 aliphatic heterocycles. The van der Waals surface area contributed by atoms with Gasteiger partial charge in [0.05, 0.1) is 25.4 Å². The Morgan fingerprint density at radius 1 is 0.422 bits per heavy atom. The zero-order valence-corrected chi connectivity index (χ0v) is 43.0. The molecule has 0 aliphatic rings. The van der Waals surface area contributed by atoms with E-state index in [0.29, 0.717) is 19.4 Å². The summed E-state index contributed by atoms with van der Waals surface area (Å²) in [6.07, 6.45) is 64.8. The fraction of sp³-hybridized carbons (Fsp3) is 0.897. The first-order valence-corrected chi connectivity index (χ1v) is 28.6. The third kappa shape index (κ3) is 49.8. The van der Waals surface area contributed by atoms with Crippen LogP contribution in [0.2, 0.25) is 0 Å². The van der Waals surface area contributed by atoms with E-state index in [1.165, 1.54) is 225 Å². The predicted octanol–water partition coefficient (Wildman–Crippen LogP) is 17.5. The topological polar surface area (TPSA) is 95.9 Å². The smallest absolute Gasteiger partial charge is 0.305 e. The second-order valence-electron chi connectivity index (χ2n) is 19.6. The summed E-state index contributed by atoms with van der Waals surface area (Å²) in [6.45, 7) is 4.84. The molecule has 2 atom stereocenters. The average molecular weight is 903 g/mol. The van der Waals surface area contributed by atoms with E-state index in [1.807, 2.05) is 6.08 Å². The van der Waals surface area contributed by atoms with Gasteiger partial charge in [-0.2, -0.15) is 0 Å². The lowest BCUT2D eigenvalue weighted by molar-refractivity contribution is -0.143. The molecule has 0 spiro atoms. The van der Waals surface area contributed by atoms with Crippen LogP contribution >= 0.6 is 0 Å². The van der Waals surface area contributed by atoms with Crippen LogP contribution in [0.25, 0.3) is 0 Å². The fourth-order valence-corrected chi connectivity index (χ4v) is 8.81. The molecule has 1 amide bonds. The number of rotatable bonds is 53. The fourth-order valence-electron chi connectivity index (χ4n) is 8.81.